The number of carbonyl (C=O) groups excluding carboxylic acids is 2. The molecule has 2 aliphatic rings. The second-order valence-electron chi connectivity index (χ2n) is 10.2. The van der Waals surface area contributed by atoms with Crippen molar-refractivity contribution in [3.05, 3.63) is 59.4 Å². The van der Waals surface area contributed by atoms with Crippen LogP contribution >= 0.6 is 0 Å². The van der Waals surface area contributed by atoms with Crippen LogP contribution in [0, 0.1) is 11.2 Å². The van der Waals surface area contributed by atoms with Crippen molar-refractivity contribution in [3.8, 4) is 11.5 Å². The number of rotatable bonds is 8. The lowest BCUT2D eigenvalue weighted by Gasteiger charge is -2.29. The van der Waals surface area contributed by atoms with Gasteiger partial charge in [-0.05, 0) is 40.8 Å². The van der Waals surface area contributed by atoms with E-state index in [2.05, 4.69) is 5.10 Å². The van der Waals surface area contributed by atoms with Crippen LogP contribution in [0.25, 0.3) is 0 Å². The number of benzene rings is 2. The molecule has 0 bridgehead atoms. The zero-order chi connectivity index (χ0) is 25.9. The Kier molecular flexibility index (Phi) is 7.59. The Morgan fingerprint density at radius 3 is 2.56 bits per heavy atom. The van der Waals surface area contributed by atoms with Crippen molar-refractivity contribution in [1.82, 2.24) is 9.91 Å². The maximum atomic E-state index is 13.6. The Morgan fingerprint density at radius 2 is 1.86 bits per heavy atom. The highest BCUT2D eigenvalue weighted by molar-refractivity contribution is 6.03. The Labute approximate surface area is 210 Å². The van der Waals surface area contributed by atoms with Gasteiger partial charge in [-0.1, -0.05) is 39.0 Å². The van der Waals surface area contributed by atoms with Gasteiger partial charge < -0.3 is 19.1 Å². The molecular weight excluding hydrogens is 465 g/mol. The lowest BCUT2D eigenvalue weighted by atomic mass is 9.91. The standard InChI is InChI=1S/C27H32FN3O5/c1-27(2,3)15-25(32)30(11-12-34-4)16-26(33)31-22(19-7-10-23-24(13-19)36-17-35-23)14-21(29-31)18-5-8-20(28)9-6-18/h5-10,13,22H,11-12,14-17H2,1-4H3. The average molecular weight is 498 g/mol. The largest absolute Gasteiger partial charge is 0.454 e. The summed E-state index contributed by atoms with van der Waals surface area (Å²) in [5.41, 5.74) is 2.01. The van der Waals surface area contributed by atoms with Gasteiger partial charge in [0, 0.05) is 26.5 Å². The van der Waals surface area contributed by atoms with Crippen molar-refractivity contribution in [2.75, 3.05) is 33.6 Å². The highest BCUT2D eigenvalue weighted by atomic mass is 19.1. The van der Waals surface area contributed by atoms with E-state index in [4.69, 9.17) is 14.2 Å². The van der Waals surface area contributed by atoms with E-state index < -0.39 is 6.04 Å². The number of ether oxygens (including phenoxy) is 3. The fraction of sp³-hybridized carbons (Fsp3) is 0.444. The van der Waals surface area contributed by atoms with Crippen molar-refractivity contribution < 1.29 is 28.2 Å². The van der Waals surface area contributed by atoms with E-state index in [1.165, 1.54) is 22.0 Å². The molecule has 0 aromatic heterocycles. The summed E-state index contributed by atoms with van der Waals surface area (Å²) in [5, 5.41) is 6.07. The van der Waals surface area contributed by atoms with Crippen LogP contribution in [0.2, 0.25) is 0 Å². The minimum atomic E-state index is -0.408. The lowest BCUT2D eigenvalue weighted by Crippen LogP contribution is -2.43. The van der Waals surface area contributed by atoms with Gasteiger partial charge in [-0.3, -0.25) is 9.59 Å². The first-order chi connectivity index (χ1) is 17.1. The Bertz CT molecular complexity index is 1140. The fourth-order valence-corrected chi connectivity index (χ4v) is 4.23. The maximum absolute atomic E-state index is 13.6. The Morgan fingerprint density at radius 1 is 1.14 bits per heavy atom. The molecule has 0 radical (unpaired) electrons. The molecule has 0 fully saturated rings. The lowest BCUT2D eigenvalue weighted by molar-refractivity contribution is -0.143. The molecule has 192 valence electrons. The third kappa shape index (κ3) is 6.02. The van der Waals surface area contributed by atoms with Crippen LogP contribution < -0.4 is 9.47 Å². The predicted octanol–water partition coefficient (Wildman–Crippen LogP) is 4.14. The van der Waals surface area contributed by atoms with E-state index in [-0.39, 0.29) is 36.4 Å². The van der Waals surface area contributed by atoms with Crippen molar-refractivity contribution in [3.63, 3.8) is 0 Å². The molecule has 2 amide bonds. The van der Waals surface area contributed by atoms with E-state index in [1.54, 1.807) is 19.2 Å². The van der Waals surface area contributed by atoms with Crippen LogP contribution in [0.1, 0.15) is 50.8 Å². The van der Waals surface area contributed by atoms with Gasteiger partial charge in [0.15, 0.2) is 11.5 Å². The molecule has 2 aromatic carbocycles. The smallest absolute Gasteiger partial charge is 0.262 e. The molecule has 2 aromatic rings. The third-order valence-electron chi connectivity index (χ3n) is 6.05. The summed E-state index contributed by atoms with van der Waals surface area (Å²) in [6.45, 7) is 6.59. The van der Waals surface area contributed by atoms with Gasteiger partial charge in [-0.15, -0.1) is 0 Å². The van der Waals surface area contributed by atoms with Gasteiger partial charge >= 0.3 is 0 Å². The van der Waals surface area contributed by atoms with Gasteiger partial charge in [-0.2, -0.15) is 5.10 Å². The number of fused-ring (bicyclic) bond motifs is 1. The number of carbonyl (C=O) groups is 2. The maximum Gasteiger partial charge on any atom is 0.262 e. The van der Waals surface area contributed by atoms with Crippen LogP contribution in [-0.2, 0) is 14.3 Å². The molecular formula is C27H32FN3O5. The molecule has 0 spiro atoms. The highest BCUT2D eigenvalue weighted by Crippen LogP contribution is 2.39. The number of hydrazone groups is 1. The fourth-order valence-electron chi connectivity index (χ4n) is 4.23. The topological polar surface area (TPSA) is 80.7 Å². The molecule has 36 heavy (non-hydrogen) atoms. The number of halogens is 1. The van der Waals surface area contributed by atoms with Gasteiger partial charge in [0.05, 0.1) is 18.4 Å². The number of methoxy groups -OCH3 is 1. The quantitative estimate of drug-likeness (QED) is 0.548. The highest BCUT2D eigenvalue weighted by Gasteiger charge is 2.35. The molecule has 0 N–H and O–H groups in total. The number of nitrogens with zero attached hydrogens (tertiary/aromatic N) is 3. The zero-order valence-corrected chi connectivity index (χ0v) is 21.1. The summed E-state index contributed by atoms with van der Waals surface area (Å²) in [4.78, 5) is 28.1. The molecule has 0 aliphatic carbocycles. The summed E-state index contributed by atoms with van der Waals surface area (Å²) in [6.07, 6.45) is 0.741. The van der Waals surface area contributed by atoms with Crippen LogP contribution in [-0.4, -0.2) is 61.0 Å². The van der Waals surface area contributed by atoms with Gasteiger partial charge in [0.2, 0.25) is 12.7 Å². The molecule has 9 heteroatoms. The van der Waals surface area contributed by atoms with Crippen molar-refractivity contribution in [1.29, 1.82) is 0 Å². The molecule has 1 unspecified atom stereocenters. The third-order valence-corrected chi connectivity index (χ3v) is 6.05. The van der Waals surface area contributed by atoms with E-state index >= 15 is 0 Å². The second-order valence-corrected chi connectivity index (χ2v) is 10.2. The molecule has 8 nitrogen and oxygen atoms in total. The predicted molar refractivity (Wildman–Crippen MR) is 132 cm³/mol. The number of hydrogen-bond donors (Lipinski definition) is 0. The molecule has 0 saturated carbocycles. The Hall–Kier alpha value is -3.46. The summed E-state index contributed by atoms with van der Waals surface area (Å²) in [7, 11) is 1.56. The van der Waals surface area contributed by atoms with Crippen LogP contribution in [0.3, 0.4) is 0 Å². The molecule has 1 atom stereocenters. The summed E-state index contributed by atoms with van der Waals surface area (Å²) in [5.74, 6) is 0.483. The van der Waals surface area contributed by atoms with E-state index in [0.29, 0.717) is 43.2 Å². The van der Waals surface area contributed by atoms with Crippen LogP contribution in [0.4, 0.5) is 4.39 Å². The first kappa shape index (κ1) is 25.6. The molecule has 2 aliphatic heterocycles. The van der Waals surface area contributed by atoms with Crippen LogP contribution in [0.15, 0.2) is 47.6 Å². The van der Waals surface area contributed by atoms with Gasteiger partial charge in [-0.25, -0.2) is 9.40 Å². The first-order valence-electron chi connectivity index (χ1n) is 12.0. The summed E-state index contributed by atoms with van der Waals surface area (Å²) in [6, 6.07) is 11.2. The van der Waals surface area contributed by atoms with Crippen LogP contribution in [0.5, 0.6) is 11.5 Å². The zero-order valence-electron chi connectivity index (χ0n) is 21.1. The van der Waals surface area contributed by atoms with E-state index in [1.807, 2.05) is 39.0 Å². The van der Waals surface area contributed by atoms with Crippen molar-refractivity contribution in [2.45, 2.75) is 39.7 Å². The van der Waals surface area contributed by atoms with Gasteiger partial charge in [0.1, 0.15) is 12.4 Å². The normalized spacial score (nSPS) is 16.8. The van der Waals surface area contributed by atoms with E-state index in [9.17, 15) is 14.0 Å². The van der Waals surface area contributed by atoms with E-state index in [0.717, 1.165) is 11.1 Å². The van der Waals surface area contributed by atoms with Crippen molar-refractivity contribution >= 4 is 17.5 Å². The average Bonchev–Trinajstić information content (AvgIpc) is 3.48. The minimum Gasteiger partial charge on any atom is -0.454 e. The summed E-state index contributed by atoms with van der Waals surface area (Å²) >= 11 is 0. The summed E-state index contributed by atoms with van der Waals surface area (Å²) < 4.78 is 29.6. The molecule has 4 rings (SSSR count). The number of amides is 2. The minimum absolute atomic E-state index is 0.116. The first-order valence-corrected chi connectivity index (χ1v) is 12.0. The SMILES string of the molecule is COCCN(CC(=O)N1N=C(c2ccc(F)cc2)CC1c1ccc2c(c1)OCO2)C(=O)CC(C)(C)C. The van der Waals surface area contributed by atoms with Gasteiger partial charge in [0.25, 0.3) is 5.91 Å². The van der Waals surface area contributed by atoms with Crippen molar-refractivity contribution in [2.24, 2.45) is 10.5 Å². The number of hydrogen-bond acceptors (Lipinski definition) is 6. The second kappa shape index (κ2) is 10.7. The molecule has 0 saturated heterocycles. The molecule has 2 heterocycles. The Balaban J connectivity index is 1.61. The monoisotopic (exact) mass is 497 g/mol.